The van der Waals surface area contributed by atoms with Crippen molar-refractivity contribution < 1.29 is 0 Å². The van der Waals surface area contributed by atoms with Crippen molar-refractivity contribution in [3.05, 3.63) is 17.6 Å². The molecule has 124 valence electrons. The Kier molecular flexibility index (Phi) is 6.04. The zero-order valence-electron chi connectivity index (χ0n) is 14.4. The van der Waals surface area contributed by atoms with Gasteiger partial charge < -0.3 is 4.90 Å². The fourth-order valence-electron chi connectivity index (χ4n) is 2.65. The summed E-state index contributed by atoms with van der Waals surface area (Å²) in [6.45, 7) is 14.0. The minimum atomic E-state index is -0.0118. The molecular formula is C17H29ClN4. The van der Waals surface area contributed by atoms with Gasteiger partial charge in [0.15, 0.2) is 0 Å². The molecular weight excluding hydrogens is 296 g/mol. The molecule has 0 atom stereocenters. The van der Waals surface area contributed by atoms with Gasteiger partial charge in [0.05, 0.1) is 0 Å². The summed E-state index contributed by atoms with van der Waals surface area (Å²) in [4.78, 5) is 14.4. The molecule has 0 aromatic carbocycles. The van der Waals surface area contributed by atoms with E-state index in [1.807, 2.05) is 0 Å². The summed E-state index contributed by atoms with van der Waals surface area (Å²) in [5.41, 5.74) is 1.13. The molecule has 1 aromatic heterocycles. The summed E-state index contributed by atoms with van der Waals surface area (Å²) in [6, 6.07) is 2.16. The molecule has 0 amide bonds. The third kappa shape index (κ3) is 4.56. The Hall–Kier alpha value is -0.870. The molecule has 5 heteroatoms. The summed E-state index contributed by atoms with van der Waals surface area (Å²) in [7, 11) is 0. The lowest BCUT2D eigenvalue weighted by Gasteiger charge is -2.35. The monoisotopic (exact) mass is 324 g/mol. The number of anilines is 1. The highest BCUT2D eigenvalue weighted by Gasteiger charge is 2.22. The van der Waals surface area contributed by atoms with Gasteiger partial charge >= 0.3 is 0 Å². The summed E-state index contributed by atoms with van der Waals surface area (Å²) in [5.74, 6) is 2.79. The molecule has 1 aromatic rings. The highest BCUT2D eigenvalue weighted by atomic mass is 35.5. The van der Waals surface area contributed by atoms with Crippen LogP contribution in [0, 0.1) is 0 Å². The first kappa shape index (κ1) is 17.5. The molecule has 1 aliphatic rings. The van der Waals surface area contributed by atoms with Crippen molar-refractivity contribution in [1.29, 1.82) is 0 Å². The fraction of sp³-hybridized carbons (Fsp3) is 0.765. The second kappa shape index (κ2) is 7.60. The Morgan fingerprint density at radius 3 is 2.36 bits per heavy atom. The van der Waals surface area contributed by atoms with E-state index in [2.05, 4.69) is 43.6 Å². The lowest BCUT2D eigenvalue weighted by molar-refractivity contribution is 0.258. The molecule has 1 aliphatic heterocycles. The van der Waals surface area contributed by atoms with Crippen molar-refractivity contribution in [2.24, 2.45) is 0 Å². The van der Waals surface area contributed by atoms with E-state index in [1.54, 1.807) is 0 Å². The number of hydrogen-bond donors (Lipinski definition) is 0. The molecule has 0 aliphatic carbocycles. The number of alkyl halides is 1. The number of piperazine rings is 1. The maximum absolute atomic E-state index is 5.78. The van der Waals surface area contributed by atoms with Gasteiger partial charge in [0.25, 0.3) is 0 Å². The van der Waals surface area contributed by atoms with Gasteiger partial charge in [-0.15, -0.1) is 11.6 Å². The number of halogens is 1. The molecule has 2 heterocycles. The quantitative estimate of drug-likeness (QED) is 0.779. The van der Waals surface area contributed by atoms with Crippen LogP contribution >= 0.6 is 11.6 Å². The molecule has 1 saturated heterocycles. The Morgan fingerprint density at radius 2 is 1.82 bits per heavy atom. The molecule has 0 bridgehead atoms. The first-order valence-electron chi connectivity index (χ1n) is 8.35. The van der Waals surface area contributed by atoms with Crippen LogP contribution in [0.3, 0.4) is 0 Å². The Balaban J connectivity index is 2.09. The summed E-state index contributed by atoms with van der Waals surface area (Å²) < 4.78 is 0. The maximum Gasteiger partial charge on any atom is 0.136 e. The van der Waals surface area contributed by atoms with Crippen LogP contribution in [0.2, 0.25) is 0 Å². The SMILES string of the molecule is CCc1cc(N2CCN(CCCCl)CC2)nc(C(C)(C)C)n1. The zero-order valence-corrected chi connectivity index (χ0v) is 15.2. The third-order valence-electron chi connectivity index (χ3n) is 4.10. The lowest BCUT2D eigenvalue weighted by Crippen LogP contribution is -2.47. The molecule has 0 radical (unpaired) electrons. The van der Waals surface area contributed by atoms with Crippen LogP contribution in [0.4, 0.5) is 5.82 Å². The van der Waals surface area contributed by atoms with Gasteiger partial charge in [0.2, 0.25) is 0 Å². The Bertz CT molecular complexity index is 476. The molecule has 0 spiro atoms. The Morgan fingerprint density at radius 1 is 1.14 bits per heavy atom. The standard InChI is InChI=1S/C17H29ClN4/c1-5-14-13-15(20-16(19-14)17(2,3)4)22-11-9-21(10-12-22)8-6-7-18/h13H,5-12H2,1-4H3. The minimum Gasteiger partial charge on any atom is -0.354 e. The van der Waals surface area contributed by atoms with Gasteiger partial charge in [-0.2, -0.15) is 0 Å². The second-order valence-corrected chi connectivity index (χ2v) is 7.39. The van der Waals surface area contributed by atoms with E-state index in [0.717, 1.165) is 68.8 Å². The molecule has 0 unspecified atom stereocenters. The van der Waals surface area contributed by atoms with Crippen molar-refractivity contribution in [1.82, 2.24) is 14.9 Å². The molecule has 0 saturated carbocycles. The fourth-order valence-corrected chi connectivity index (χ4v) is 2.77. The van der Waals surface area contributed by atoms with E-state index in [4.69, 9.17) is 21.6 Å². The summed E-state index contributed by atoms with van der Waals surface area (Å²) in [5, 5.41) is 0. The van der Waals surface area contributed by atoms with Crippen LogP contribution in [0.5, 0.6) is 0 Å². The van der Waals surface area contributed by atoms with Crippen LogP contribution < -0.4 is 4.90 Å². The summed E-state index contributed by atoms with van der Waals surface area (Å²) >= 11 is 5.78. The van der Waals surface area contributed by atoms with Crippen LogP contribution in [0.1, 0.15) is 45.6 Å². The Labute approximate surface area is 139 Å². The number of aryl methyl sites for hydroxylation is 1. The first-order valence-corrected chi connectivity index (χ1v) is 8.89. The van der Waals surface area contributed by atoms with Gasteiger partial charge in [-0.05, 0) is 19.4 Å². The van der Waals surface area contributed by atoms with Gasteiger partial charge in [0, 0.05) is 49.2 Å². The van der Waals surface area contributed by atoms with Gasteiger partial charge in [-0.3, -0.25) is 4.90 Å². The van der Waals surface area contributed by atoms with E-state index >= 15 is 0 Å². The van der Waals surface area contributed by atoms with Crippen molar-refractivity contribution in [3.63, 3.8) is 0 Å². The predicted octanol–water partition coefficient (Wildman–Crippen LogP) is 3.09. The van der Waals surface area contributed by atoms with Crippen molar-refractivity contribution in [2.45, 2.75) is 46.0 Å². The topological polar surface area (TPSA) is 32.3 Å². The molecule has 22 heavy (non-hydrogen) atoms. The molecule has 4 nitrogen and oxygen atoms in total. The average molecular weight is 325 g/mol. The number of hydrogen-bond acceptors (Lipinski definition) is 4. The van der Waals surface area contributed by atoms with Crippen LogP contribution in [0.25, 0.3) is 0 Å². The highest BCUT2D eigenvalue weighted by Crippen LogP contribution is 2.23. The minimum absolute atomic E-state index is 0.0118. The number of nitrogens with zero attached hydrogens (tertiary/aromatic N) is 4. The van der Waals surface area contributed by atoms with Crippen molar-refractivity contribution in [2.75, 3.05) is 43.5 Å². The van der Waals surface area contributed by atoms with Crippen LogP contribution in [-0.4, -0.2) is 53.5 Å². The normalized spacial score (nSPS) is 17.0. The van der Waals surface area contributed by atoms with Crippen LogP contribution in [0.15, 0.2) is 6.07 Å². The van der Waals surface area contributed by atoms with Gasteiger partial charge in [0.1, 0.15) is 11.6 Å². The van der Waals surface area contributed by atoms with E-state index in [9.17, 15) is 0 Å². The maximum atomic E-state index is 5.78. The van der Waals surface area contributed by atoms with Crippen molar-refractivity contribution >= 4 is 17.4 Å². The molecule has 1 fully saturated rings. The van der Waals surface area contributed by atoms with E-state index in [0.29, 0.717) is 0 Å². The van der Waals surface area contributed by atoms with E-state index in [1.165, 1.54) is 0 Å². The lowest BCUT2D eigenvalue weighted by atomic mass is 9.95. The average Bonchev–Trinajstić information content (AvgIpc) is 2.52. The highest BCUT2D eigenvalue weighted by molar-refractivity contribution is 6.17. The zero-order chi connectivity index (χ0) is 16.2. The second-order valence-electron chi connectivity index (χ2n) is 7.02. The van der Waals surface area contributed by atoms with E-state index < -0.39 is 0 Å². The molecule has 2 rings (SSSR count). The summed E-state index contributed by atoms with van der Waals surface area (Å²) in [6.07, 6.45) is 2.03. The smallest absolute Gasteiger partial charge is 0.136 e. The first-order chi connectivity index (χ1) is 10.4. The van der Waals surface area contributed by atoms with Crippen molar-refractivity contribution in [3.8, 4) is 0 Å². The van der Waals surface area contributed by atoms with E-state index in [-0.39, 0.29) is 5.41 Å². The third-order valence-corrected chi connectivity index (χ3v) is 4.37. The van der Waals surface area contributed by atoms with Gasteiger partial charge in [-0.25, -0.2) is 9.97 Å². The van der Waals surface area contributed by atoms with Crippen LogP contribution in [-0.2, 0) is 11.8 Å². The molecule has 0 N–H and O–H groups in total. The number of rotatable bonds is 5. The van der Waals surface area contributed by atoms with Gasteiger partial charge in [-0.1, -0.05) is 27.7 Å². The number of aromatic nitrogens is 2. The largest absolute Gasteiger partial charge is 0.354 e. The predicted molar refractivity (Wildman–Crippen MR) is 94.1 cm³/mol.